The lowest BCUT2D eigenvalue weighted by Crippen LogP contribution is -2.51. The Morgan fingerprint density at radius 3 is 1.44 bits per heavy atom. The molecule has 14 nitrogen and oxygen atoms in total. The van der Waals surface area contributed by atoms with Gasteiger partial charge in [0.05, 0.1) is 6.54 Å². The molecule has 14 heteroatoms. The molecule has 0 radical (unpaired) electrons. The number of carbonyl (C=O) groups excluding carboxylic acids is 1. The van der Waals surface area contributed by atoms with Gasteiger partial charge in [0.2, 0.25) is 5.91 Å². The molecule has 36 heavy (non-hydrogen) atoms. The summed E-state index contributed by atoms with van der Waals surface area (Å²) in [5.41, 5.74) is 1.31. The van der Waals surface area contributed by atoms with Gasteiger partial charge in [-0.05, 0) is 19.1 Å². The molecule has 198 valence electrons. The van der Waals surface area contributed by atoms with Gasteiger partial charge in [0, 0.05) is 58.0 Å². The second-order valence-corrected chi connectivity index (χ2v) is 8.29. The highest BCUT2D eigenvalue weighted by atomic mass is 16.4. The molecule has 0 spiro atoms. The molecule has 2 rings (SSSR count). The molecule has 1 aliphatic rings. The molecule has 0 unspecified atom stereocenters. The van der Waals surface area contributed by atoms with Gasteiger partial charge in [0.25, 0.3) is 0 Å². The Morgan fingerprint density at radius 2 is 1.08 bits per heavy atom. The Balaban J connectivity index is 2.24. The summed E-state index contributed by atoms with van der Waals surface area (Å²) >= 11 is 0. The third kappa shape index (κ3) is 8.61. The first kappa shape index (κ1) is 28.2. The molecule has 1 heterocycles. The summed E-state index contributed by atoms with van der Waals surface area (Å²) in [6.45, 7) is 0.409. The van der Waals surface area contributed by atoms with Crippen LogP contribution in [0.15, 0.2) is 24.3 Å². The Kier molecular flexibility index (Phi) is 10.3. The quantitative estimate of drug-likeness (QED) is 0.440. The molecule has 4 amide bonds. The topological polar surface area (TPSA) is 182 Å². The lowest BCUT2D eigenvalue weighted by Gasteiger charge is -2.32. The van der Waals surface area contributed by atoms with E-state index in [4.69, 9.17) is 0 Å². The zero-order valence-electron chi connectivity index (χ0n) is 19.9. The van der Waals surface area contributed by atoms with Gasteiger partial charge in [0.15, 0.2) is 0 Å². The van der Waals surface area contributed by atoms with Crippen LogP contribution in [0.3, 0.4) is 0 Å². The van der Waals surface area contributed by atoms with Crippen LogP contribution in [0.4, 0.5) is 20.1 Å². The first-order chi connectivity index (χ1) is 17.0. The van der Waals surface area contributed by atoms with Gasteiger partial charge in [0.1, 0.15) is 6.54 Å². The Morgan fingerprint density at radius 1 is 0.694 bits per heavy atom. The Bertz CT molecular complexity index is 926. The Hall–Kier alpha value is -4.07. The van der Waals surface area contributed by atoms with E-state index in [2.05, 4.69) is 0 Å². The number of nitrogens with zero attached hydrogens (tertiary/aromatic N) is 5. The lowest BCUT2D eigenvalue weighted by atomic mass is 10.2. The van der Waals surface area contributed by atoms with E-state index in [0.29, 0.717) is 5.69 Å². The van der Waals surface area contributed by atoms with Crippen molar-refractivity contribution in [3.05, 3.63) is 29.8 Å². The van der Waals surface area contributed by atoms with Gasteiger partial charge in [-0.1, -0.05) is 17.7 Å². The fourth-order valence-corrected chi connectivity index (χ4v) is 3.65. The maximum atomic E-state index is 13.1. The summed E-state index contributed by atoms with van der Waals surface area (Å²) < 4.78 is 0. The predicted octanol–water partition coefficient (Wildman–Crippen LogP) is 0.668. The number of carboxylic acids is 1. The van der Waals surface area contributed by atoms with Crippen molar-refractivity contribution in [1.82, 2.24) is 19.6 Å². The van der Waals surface area contributed by atoms with Crippen molar-refractivity contribution in [3.63, 3.8) is 0 Å². The number of carboxylic acid groups (broad SMARTS) is 4. The SMILES string of the molecule is Cc1ccc(N(CC(=O)O)C(=O)CN2CCN(C(=O)O)CCN(C(=O)O)CCN(C(=O)O)CC2)cc1. The Labute approximate surface area is 207 Å². The minimum atomic E-state index is -1.29. The fraction of sp³-hybridized carbons (Fsp3) is 0.500. The second kappa shape index (κ2) is 13.1. The summed E-state index contributed by atoms with van der Waals surface area (Å²) in [4.78, 5) is 65.1. The number of aliphatic carboxylic acids is 1. The second-order valence-electron chi connectivity index (χ2n) is 8.29. The van der Waals surface area contributed by atoms with Crippen molar-refractivity contribution in [1.29, 1.82) is 0 Å². The third-order valence-corrected chi connectivity index (χ3v) is 5.76. The number of benzene rings is 1. The monoisotopic (exact) mass is 509 g/mol. The number of aryl methyl sites for hydroxylation is 1. The van der Waals surface area contributed by atoms with E-state index >= 15 is 0 Å². The van der Waals surface area contributed by atoms with Gasteiger partial charge in [-0.15, -0.1) is 0 Å². The molecule has 0 bridgehead atoms. The zero-order chi connectivity index (χ0) is 26.8. The van der Waals surface area contributed by atoms with Gasteiger partial charge >= 0.3 is 24.2 Å². The first-order valence-corrected chi connectivity index (χ1v) is 11.2. The van der Waals surface area contributed by atoms with E-state index in [9.17, 15) is 44.4 Å². The van der Waals surface area contributed by atoms with Crippen LogP contribution >= 0.6 is 0 Å². The van der Waals surface area contributed by atoms with Crippen molar-refractivity contribution >= 4 is 35.8 Å². The highest BCUT2D eigenvalue weighted by Gasteiger charge is 2.25. The fourth-order valence-electron chi connectivity index (χ4n) is 3.65. The summed E-state index contributed by atoms with van der Waals surface area (Å²) in [5, 5.41) is 37.7. The molecular weight excluding hydrogens is 478 g/mol. The van der Waals surface area contributed by atoms with Crippen molar-refractivity contribution in [3.8, 4) is 0 Å². The molecule has 1 saturated heterocycles. The first-order valence-electron chi connectivity index (χ1n) is 11.2. The molecular formula is C22H31N5O9. The lowest BCUT2D eigenvalue weighted by molar-refractivity contribution is -0.136. The molecule has 0 atom stereocenters. The number of anilines is 1. The van der Waals surface area contributed by atoms with E-state index in [1.807, 2.05) is 6.92 Å². The average molecular weight is 510 g/mol. The molecule has 0 saturated carbocycles. The minimum absolute atomic E-state index is 0.0490. The predicted molar refractivity (Wildman–Crippen MR) is 126 cm³/mol. The summed E-state index contributed by atoms with van der Waals surface area (Å²) in [6.07, 6.45) is -3.81. The number of rotatable bonds is 5. The molecule has 0 aromatic heterocycles. The number of hydrogen-bond acceptors (Lipinski definition) is 6. The van der Waals surface area contributed by atoms with Gasteiger partial charge in [-0.3, -0.25) is 14.5 Å². The number of hydrogen-bond donors (Lipinski definition) is 4. The van der Waals surface area contributed by atoms with Gasteiger partial charge in [-0.2, -0.15) is 0 Å². The van der Waals surface area contributed by atoms with E-state index in [0.717, 1.165) is 25.2 Å². The molecule has 0 aliphatic carbocycles. The molecule has 1 aliphatic heterocycles. The van der Waals surface area contributed by atoms with E-state index < -0.39 is 36.7 Å². The zero-order valence-corrected chi connectivity index (χ0v) is 19.9. The normalized spacial score (nSPS) is 16.0. The van der Waals surface area contributed by atoms with Crippen LogP contribution < -0.4 is 4.90 Å². The number of amides is 4. The van der Waals surface area contributed by atoms with Crippen molar-refractivity contribution in [2.24, 2.45) is 0 Å². The van der Waals surface area contributed by atoms with Gasteiger partial charge < -0.3 is 40.0 Å². The van der Waals surface area contributed by atoms with Crippen LogP contribution in [0.2, 0.25) is 0 Å². The summed E-state index contributed by atoms with van der Waals surface area (Å²) in [7, 11) is 0. The maximum absolute atomic E-state index is 13.1. The molecule has 1 aromatic rings. The van der Waals surface area contributed by atoms with Crippen LogP contribution in [0.1, 0.15) is 5.56 Å². The standard InChI is InChI=1S/C22H31N5O9/c1-16-2-4-17(5-3-16)27(15-19(29)30)18(28)14-23-6-8-24(20(31)32)10-12-26(22(35)36)13-11-25(9-7-23)21(33)34/h2-5H,6-15H2,1H3,(H,29,30)(H,31,32)(H,33,34)(H,35,36). The summed E-state index contributed by atoms with van der Waals surface area (Å²) in [5.74, 6) is -1.76. The highest BCUT2D eigenvalue weighted by molar-refractivity contribution is 5.98. The van der Waals surface area contributed by atoms with Crippen LogP contribution in [0.25, 0.3) is 0 Å². The average Bonchev–Trinajstić information content (AvgIpc) is 2.79. The highest BCUT2D eigenvalue weighted by Crippen LogP contribution is 2.16. The minimum Gasteiger partial charge on any atom is -0.480 e. The van der Waals surface area contributed by atoms with Gasteiger partial charge in [-0.25, -0.2) is 14.4 Å². The third-order valence-electron chi connectivity index (χ3n) is 5.76. The number of carbonyl (C=O) groups is 5. The van der Waals surface area contributed by atoms with E-state index in [1.165, 1.54) is 0 Å². The van der Waals surface area contributed by atoms with Crippen LogP contribution in [-0.2, 0) is 9.59 Å². The van der Waals surface area contributed by atoms with E-state index in [-0.39, 0.29) is 58.9 Å². The maximum Gasteiger partial charge on any atom is 0.407 e. The summed E-state index contributed by atoms with van der Waals surface area (Å²) in [6, 6.07) is 6.73. The van der Waals surface area contributed by atoms with Crippen molar-refractivity contribution in [2.75, 3.05) is 70.3 Å². The van der Waals surface area contributed by atoms with Crippen LogP contribution in [0.5, 0.6) is 0 Å². The van der Waals surface area contributed by atoms with E-state index in [1.54, 1.807) is 29.2 Å². The van der Waals surface area contributed by atoms with Crippen molar-refractivity contribution in [2.45, 2.75) is 6.92 Å². The largest absolute Gasteiger partial charge is 0.480 e. The van der Waals surface area contributed by atoms with Crippen molar-refractivity contribution < 1.29 is 44.4 Å². The molecule has 1 fully saturated rings. The van der Waals surface area contributed by atoms with Crippen LogP contribution in [0, 0.1) is 6.92 Å². The molecule has 1 aromatic carbocycles. The molecule has 4 N–H and O–H groups in total. The van der Waals surface area contributed by atoms with Crippen LogP contribution in [-0.4, -0.2) is 136 Å². The smallest absolute Gasteiger partial charge is 0.407 e.